The summed E-state index contributed by atoms with van der Waals surface area (Å²) < 4.78 is 0. The molecule has 0 unspecified atom stereocenters. The molecule has 1 atom stereocenters. The molecule has 2 amide bonds. The number of hydrogen-bond acceptors (Lipinski definition) is 2. The summed E-state index contributed by atoms with van der Waals surface area (Å²) in [6.07, 6.45) is 0.798. The van der Waals surface area contributed by atoms with Gasteiger partial charge in [0, 0.05) is 5.54 Å². The van der Waals surface area contributed by atoms with Crippen molar-refractivity contribution in [3.63, 3.8) is 0 Å². The van der Waals surface area contributed by atoms with Crippen molar-refractivity contribution in [2.75, 3.05) is 0 Å². The summed E-state index contributed by atoms with van der Waals surface area (Å²) >= 11 is 0. The first kappa shape index (κ1) is 17.7. The fourth-order valence-electron chi connectivity index (χ4n) is 2.37. The van der Waals surface area contributed by atoms with E-state index in [0.717, 1.165) is 6.42 Å². The highest BCUT2D eigenvalue weighted by atomic mass is 16.4. The Balaban J connectivity index is 4.57. The van der Waals surface area contributed by atoms with Gasteiger partial charge in [0.05, 0.1) is 0 Å². The summed E-state index contributed by atoms with van der Waals surface area (Å²) in [7, 11) is 0. The van der Waals surface area contributed by atoms with Crippen LogP contribution < -0.4 is 10.6 Å². The third-order valence-corrected chi connectivity index (χ3v) is 2.64. The number of hydrogen-bond donors (Lipinski definition) is 3. The number of carboxylic acids is 1. The van der Waals surface area contributed by atoms with E-state index in [0.29, 0.717) is 0 Å². The van der Waals surface area contributed by atoms with Crippen molar-refractivity contribution < 1.29 is 14.7 Å². The topological polar surface area (TPSA) is 78.4 Å². The number of carboxylic acid groups (broad SMARTS) is 1. The molecule has 0 saturated carbocycles. The predicted octanol–water partition coefficient (Wildman–Crippen LogP) is 2.61. The molecule has 112 valence electrons. The minimum atomic E-state index is -1.02. The van der Waals surface area contributed by atoms with Crippen molar-refractivity contribution >= 4 is 12.0 Å². The summed E-state index contributed by atoms with van der Waals surface area (Å²) in [6.45, 7) is 13.7. The Morgan fingerprint density at radius 2 is 1.58 bits per heavy atom. The molecule has 0 rings (SSSR count). The zero-order valence-electron chi connectivity index (χ0n) is 13.1. The van der Waals surface area contributed by atoms with Gasteiger partial charge in [0.25, 0.3) is 0 Å². The van der Waals surface area contributed by atoms with Crippen molar-refractivity contribution in [1.82, 2.24) is 10.6 Å². The van der Waals surface area contributed by atoms with Crippen molar-refractivity contribution in [1.29, 1.82) is 0 Å². The van der Waals surface area contributed by atoms with E-state index in [-0.39, 0.29) is 16.9 Å². The lowest BCUT2D eigenvalue weighted by Crippen LogP contribution is -2.54. The molecule has 0 aromatic rings. The summed E-state index contributed by atoms with van der Waals surface area (Å²) in [5.41, 5.74) is -0.302. The number of aliphatic carboxylic acids is 1. The number of urea groups is 1. The molecule has 0 aromatic carbocycles. The van der Waals surface area contributed by atoms with E-state index in [4.69, 9.17) is 5.11 Å². The molecule has 0 radical (unpaired) electrons. The van der Waals surface area contributed by atoms with Gasteiger partial charge in [-0.15, -0.1) is 0 Å². The van der Waals surface area contributed by atoms with Crippen molar-refractivity contribution in [2.24, 2.45) is 11.3 Å². The quantitative estimate of drug-likeness (QED) is 0.720. The molecule has 0 aliphatic rings. The van der Waals surface area contributed by atoms with Crippen LogP contribution in [0, 0.1) is 11.3 Å². The van der Waals surface area contributed by atoms with E-state index in [2.05, 4.69) is 31.4 Å². The van der Waals surface area contributed by atoms with Gasteiger partial charge in [0.15, 0.2) is 0 Å². The molecule has 0 aliphatic carbocycles. The predicted molar refractivity (Wildman–Crippen MR) is 76.1 cm³/mol. The van der Waals surface area contributed by atoms with Gasteiger partial charge in [-0.05, 0) is 31.6 Å². The molecule has 5 heteroatoms. The number of amides is 2. The van der Waals surface area contributed by atoms with Crippen molar-refractivity contribution in [3.8, 4) is 0 Å². The Morgan fingerprint density at radius 1 is 1.11 bits per heavy atom. The molecule has 3 N–H and O–H groups in total. The Bertz CT molecular complexity index is 330. The van der Waals surface area contributed by atoms with Crippen molar-refractivity contribution in [2.45, 2.75) is 66.5 Å². The third-order valence-electron chi connectivity index (χ3n) is 2.64. The lowest BCUT2D eigenvalue weighted by Gasteiger charge is -2.33. The molecule has 5 nitrogen and oxygen atoms in total. The molecular formula is C14H28N2O3. The first-order valence-electron chi connectivity index (χ1n) is 6.65. The average molecular weight is 272 g/mol. The Morgan fingerprint density at radius 3 is 1.89 bits per heavy atom. The summed E-state index contributed by atoms with van der Waals surface area (Å²) in [5, 5.41) is 14.4. The molecule has 19 heavy (non-hydrogen) atoms. The van der Waals surface area contributed by atoms with Gasteiger partial charge in [-0.2, -0.15) is 0 Å². The molecular weight excluding hydrogens is 244 g/mol. The summed E-state index contributed by atoms with van der Waals surface area (Å²) in [6, 6.07) is -1.30. The van der Waals surface area contributed by atoms with Crippen LogP contribution in [0.2, 0.25) is 0 Å². The molecule has 0 aromatic heterocycles. The Kier molecular flexibility index (Phi) is 5.84. The van der Waals surface area contributed by atoms with Crippen LogP contribution in [0.4, 0.5) is 4.79 Å². The van der Waals surface area contributed by atoms with Gasteiger partial charge in [-0.1, -0.05) is 34.6 Å². The van der Waals surface area contributed by atoms with Gasteiger partial charge in [0.2, 0.25) is 0 Å². The third kappa shape index (κ3) is 7.70. The van der Waals surface area contributed by atoms with E-state index < -0.39 is 18.0 Å². The fourth-order valence-corrected chi connectivity index (χ4v) is 2.37. The molecule has 0 heterocycles. The average Bonchev–Trinajstić information content (AvgIpc) is 2.07. The van der Waals surface area contributed by atoms with Crippen LogP contribution in [0.25, 0.3) is 0 Å². The largest absolute Gasteiger partial charge is 0.480 e. The Labute approximate surface area is 116 Å². The fraction of sp³-hybridized carbons (Fsp3) is 0.857. The highest BCUT2D eigenvalue weighted by Gasteiger charge is 2.29. The second-order valence-electron chi connectivity index (χ2n) is 7.28. The zero-order chi connectivity index (χ0) is 15.4. The lowest BCUT2D eigenvalue weighted by molar-refractivity contribution is -0.140. The maximum atomic E-state index is 11.9. The van der Waals surface area contributed by atoms with Gasteiger partial charge >= 0.3 is 12.0 Å². The standard InChI is InChI=1S/C14H28N2O3/c1-9(2)10(11(17)18)15-12(19)16-14(6,7)8-13(3,4)5/h9-10H,8H2,1-7H3,(H,17,18)(H2,15,16,19)/t10-/m0/s1. The van der Waals surface area contributed by atoms with E-state index in [1.165, 1.54) is 0 Å². The second kappa shape index (κ2) is 6.26. The van der Waals surface area contributed by atoms with Gasteiger partial charge in [-0.3, -0.25) is 0 Å². The zero-order valence-corrected chi connectivity index (χ0v) is 13.1. The van der Waals surface area contributed by atoms with Gasteiger partial charge < -0.3 is 15.7 Å². The molecule has 0 bridgehead atoms. The Hall–Kier alpha value is -1.26. The van der Waals surface area contributed by atoms with E-state index in [1.54, 1.807) is 13.8 Å². The second-order valence-corrected chi connectivity index (χ2v) is 7.28. The molecule has 0 fully saturated rings. The first-order chi connectivity index (χ1) is 8.34. The number of nitrogens with one attached hydrogen (secondary N) is 2. The molecule has 0 saturated heterocycles. The number of carbonyl (C=O) groups is 2. The lowest BCUT2D eigenvalue weighted by atomic mass is 9.82. The van der Waals surface area contributed by atoms with E-state index in [1.807, 2.05) is 13.8 Å². The summed E-state index contributed by atoms with van der Waals surface area (Å²) in [5.74, 6) is -1.17. The minimum absolute atomic E-state index is 0.0844. The molecule has 0 aliphatic heterocycles. The first-order valence-corrected chi connectivity index (χ1v) is 6.65. The van der Waals surface area contributed by atoms with Crippen LogP contribution in [0.5, 0.6) is 0 Å². The van der Waals surface area contributed by atoms with Gasteiger partial charge in [0.1, 0.15) is 6.04 Å². The maximum absolute atomic E-state index is 11.9. The van der Waals surface area contributed by atoms with Crippen LogP contribution in [0.1, 0.15) is 54.9 Å². The minimum Gasteiger partial charge on any atom is -0.480 e. The van der Waals surface area contributed by atoms with E-state index >= 15 is 0 Å². The van der Waals surface area contributed by atoms with Crippen LogP contribution in [0.3, 0.4) is 0 Å². The van der Waals surface area contributed by atoms with Crippen LogP contribution in [0.15, 0.2) is 0 Å². The number of rotatable bonds is 5. The smallest absolute Gasteiger partial charge is 0.326 e. The van der Waals surface area contributed by atoms with Crippen molar-refractivity contribution in [3.05, 3.63) is 0 Å². The number of carbonyl (C=O) groups excluding carboxylic acids is 1. The van der Waals surface area contributed by atoms with Crippen LogP contribution in [-0.2, 0) is 4.79 Å². The normalized spacial score (nSPS) is 14.1. The van der Waals surface area contributed by atoms with Gasteiger partial charge in [-0.25, -0.2) is 9.59 Å². The molecule has 0 spiro atoms. The van der Waals surface area contributed by atoms with Crippen LogP contribution in [-0.4, -0.2) is 28.7 Å². The highest BCUT2D eigenvalue weighted by molar-refractivity contribution is 5.83. The summed E-state index contributed by atoms with van der Waals surface area (Å²) in [4.78, 5) is 22.9. The SMILES string of the molecule is CC(C)[C@H](NC(=O)NC(C)(C)CC(C)(C)C)C(=O)O. The maximum Gasteiger partial charge on any atom is 0.326 e. The monoisotopic (exact) mass is 272 g/mol. The van der Waals surface area contributed by atoms with Crippen LogP contribution >= 0.6 is 0 Å². The highest BCUT2D eigenvalue weighted by Crippen LogP contribution is 2.26. The van der Waals surface area contributed by atoms with E-state index in [9.17, 15) is 9.59 Å².